The van der Waals surface area contributed by atoms with Gasteiger partial charge in [-0.05, 0) is 62.4 Å². The van der Waals surface area contributed by atoms with Crippen molar-refractivity contribution in [2.45, 2.75) is 53.4 Å². The van der Waals surface area contributed by atoms with Crippen LogP contribution >= 0.6 is 12.4 Å². The predicted molar refractivity (Wildman–Crippen MR) is 274 cm³/mol. The van der Waals surface area contributed by atoms with Gasteiger partial charge in [0.1, 0.15) is 0 Å². The minimum Gasteiger partial charge on any atom is -0.793 e. The number of aliphatic hydroxyl groups excluding tert-OH is 2. The quantitative estimate of drug-likeness (QED) is 0.0592. The average Bonchev–Trinajstić information content (AvgIpc) is 4.12. The van der Waals surface area contributed by atoms with Crippen molar-refractivity contribution in [3.63, 3.8) is 0 Å². The van der Waals surface area contributed by atoms with Crippen molar-refractivity contribution in [2.75, 3.05) is 36.8 Å². The molecule has 6 aromatic heterocycles. The molecular weight excluding hydrogens is 986 g/mol. The number of likely N-dealkylation sites (tertiary alicyclic amines) is 1. The molecule has 2 saturated heterocycles. The number of anilines is 4. The van der Waals surface area contributed by atoms with Crippen LogP contribution in [0.2, 0.25) is 0 Å². The smallest absolute Gasteiger partial charge is 0.793 e. The molecule has 0 aliphatic carbocycles. The van der Waals surface area contributed by atoms with Gasteiger partial charge in [0.2, 0.25) is 17.9 Å². The number of benzene rings is 2. The maximum atomic E-state index is 11.0. The molecule has 0 amide bonds. The first kappa shape index (κ1) is 59.5. The first-order valence-electron chi connectivity index (χ1n) is 22.4. The minimum absolute atomic E-state index is 0. The van der Waals surface area contributed by atoms with Crippen molar-refractivity contribution >= 4 is 89.7 Å². The van der Waals surface area contributed by atoms with Crippen molar-refractivity contribution in [1.29, 1.82) is 0 Å². The van der Waals surface area contributed by atoms with Gasteiger partial charge in [0, 0.05) is 156 Å². The number of halogens is 1. The van der Waals surface area contributed by atoms with Gasteiger partial charge in [-0.15, -0.1) is 12.4 Å². The Balaban J connectivity index is 0.000000237. The SMILES string of the molecule is CC(=O)OOC(C)=O.Cc1nn(-c2ccnc(Nc3ccc4c(ccn4C)c3)n2)cc1C=O.Cc1nn(-c2ccnc(Nc3ccc4c(ccn4C)c3)n2)cc1CN1CC(O)C1.Cl.OC1CNC1.[B-]OC(C)=O.[Na+]. The van der Waals surface area contributed by atoms with E-state index >= 15 is 0 Å². The molecule has 10 rings (SSSR count). The molecule has 8 aromatic rings. The molecule has 0 saturated carbocycles. The van der Waals surface area contributed by atoms with Crippen LogP contribution in [0, 0.1) is 13.8 Å². The van der Waals surface area contributed by atoms with Crippen LogP contribution in [-0.2, 0) is 49.5 Å². The molecular formula is C48H56BClN14NaO9. The normalized spacial score (nSPS) is 12.6. The Hall–Kier alpha value is -7.03. The largest absolute Gasteiger partial charge is 1.00 e. The summed E-state index contributed by atoms with van der Waals surface area (Å²) < 4.78 is 11.1. The molecule has 0 spiro atoms. The number of aldehydes is 1. The molecule has 8 heterocycles. The number of fused-ring (bicyclic) bond motifs is 2. The second kappa shape index (κ2) is 28.4. The molecule has 3 radical (unpaired) electrons. The van der Waals surface area contributed by atoms with Gasteiger partial charge < -0.3 is 48.0 Å². The number of aryl methyl sites for hydroxylation is 4. The van der Waals surface area contributed by atoms with Gasteiger partial charge in [0.05, 0.1) is 29.2 Å². The second-order valence-electron chi connectivity index (χ2n) is 16.5. The zero-order valence-corrected chi connectivity index (χ0v) is 45.0. The van der Waals surface area contributed by atoms with Crippen LogP contribution in [-0.4, -0.2) is 134 Å². The van der Waals surface area contributed by atoms with E-state index in [1.54, 1.807) is 40.9 Å². The van der Waals surface area contributed by atoms with Gasteiger partial charge in [-0.25, -0.2) is 38.7 Å². The monoisotopic (exact) mass is 1040 g/mol. The van der Waals surface area contributed by atoms with Crippen molar-refractivity contribution in [1.82, 2.24) is 58.8 Å². The number of nitrogens with one attached hydrogen (secondary N) is 3. The topological polar surface area (TPSA) is 273 Å². The van der Waals surface area contributed by atoms with Crippen LogP contribution in [0.15, 0.2) is 97.8 Å². The summed E-state index contributed by atoms with van der Waals surface area (Å²) in [5.74, 6) is 0.549. The Morgan fingerprint density at radius 3 is 1.58 bits per heavy atom. The summed E-state index contributed by atoms with van der Waals surface area (Å²) in [4.78, 5) is 67.7. The van der Waals surface area contributed by atoms with Crippen LogP contribution in [0.25, 0.3) is 33.4 Å². The van der Waals surface area contributed by atoms with Crippen molar-refractivity contribution < 1.29 is 73.4 Å². The number of nitrogens with zero attached hydrogens (tertiary/aromatic N) is 11. The third-order valence-corrected chi connectivity index (χ3v) is 10.6. The number of carbonyl (C=O) groups is 4. The van der Waals surface area contributed by atoms with Gasteiger partial charge in [-0.1, -0.05) is 0 Å². The molecule has 2 fully saturated rings. The van der Waals surface area contributed by atoms with E-state index in [4.69, 9.17) is 5.11 Å². The van der Waals surface area contributed by atoms with Crippen LogP contribution in [0.4, 0.5) is 23.3 Å². The van der Waals surface area contributed by atoms with Gasteiger partial charge in [0.25, 0.3) is 0 Å². The molecule has 26 heteroatoms. The Morgan fingerprint density at radius 1 is 0.730 bits per heavy atom. The molecule has 0 unspecified atom stereocenters. The fourth-order valence-corrected chi connectivity index (χ4v) is 6.83. The van der Waals surface area contributed by atoms with Gasteiger partial charge in [0.15, 0.2) is 17.9 Å². The third-order valence-electron chi connectivity index (χ3n) is 10.6. The number of carbonyl (C=O) groups excluding carboxylic acids is 4. The van der Waals surface area contributed by atoms with E-state index in [1.165, 1.54) is 12.4 Å². The average molecular weight is 1040 g/mol. The Morgan fingerprint density at radius 2 is 1.19 bits per heavy atom. The molecule has 0 bridgehead atoms. The molecule has 0 atom stereocenters. The minimum atomic E-state index is -0.639. The first-order valence-corrected chi connectivity index (χ1v) is 22.4. The molecule has 383 valence electrons. The van der Waals surface area contributed by atoms with Crippen LogP contribution < -0.4 is 45.5 Å². The number of aromatic nitrogens is 10. The van der Waals surface area contributed by atoms with E-state index in [9.17, 15) is 24.3 Å². The summed E-state index contributed by atoms with van der Waals surface area (Å²) in [6.45, 7) is 11.1. The predicted octanol–water partition coefficient (Wildman–Crippen LogP) is 1.44. The van der Waals surface area contributed by atoms with Crippen LogP contribution in [0.5, 0.6) is 0 Å². The van der Waals surface area contributed by atoms with Gasteiger partial charge in [-0.3, -0.25) is 14.5 Å². The Kier molecular flexibility index (Phi) is 22.9. The van der Waals surface area contributed by atoms with Gasteiger partial charge >= 0.3 is 41.5 Å². The Bertz CT molecular complexity index is 3120. The summed E-state index contributed by atoms with van der Waals surface area (Å²) in [7, 11) is 8.37. The molecule has 74 heavy (non-hydrogen) atoms. The second-order valence-corrected chi connectivity index (χ2v) is 16.5. The van der Waals surface area contributed by atoms with Crippen LogP contribution in [0.1, 0.15) is 48.1 Å². The third kappa shape index (κ3) is 17.3. The molecule has 2 aliphatic rings. The van der Waals surface area contributed by atoms with E-state index in [2.05, 4.69) is 113 Å². The number of hydrogen-bond donors (Lipinski definition) is 5. The zero-order valence-electron chi connectivity index (χ0n) is 42.2. The van der Waals surface area contributed by atoms with Crippen molar-refractivity contribution in [3.8, 4) is 11.6 Å². The van der Waals surface area contributed by atoms with E-state index in [0.717, 1.165) is 91.8 Å². The summed E-state index contributed by atoms with van der Waals surface area (Å²) in [5, 5.41) is 38.5. The van der Waals surface area contributed by atoms with Gasteiger partial charge in [-0.2, -0.15) is 20.2 Å². The standard InChI is InChI=1S/C21H23N7O.C18H16N6O.C4H6O4.C3H7NO.C2H3BO2.ClH.Na/c1-14-16(10-27-12-18(29)13-27)11-28(25-14)20-5-7-22-21(24-20)23-17-3-4-19-15(9-17)6-8-26(19)2;1-12-14(11-25)10-24(22-12)17-5-7-19-18(21-17)20-15-3-4-16-13(9-15)6-8-23(16)2;1-3(5)7-8-4(2)6;5-3-1-4-2-3;1-2(4)5-3;;/h3-9,11,18,29H,10,12-13H2,1-2H3,(H,22,23,24);3-11H,1-2H3,(H,19,20,21);1-2H3;3-5H,1-2H2;1H3;1H;/q;;;;-1;;+1. The molecule has 2 aliphatic heterocycles. The number of aliphatic hydroxyl groups is 2. The summed E-state index contributed by atoms with van der Waals surface area (Å²) in [6.07, 6.45) is 11.7. The van der Waals surface area contributed by atoms with Crippen LogP contribution in [0.3, 0.4) is 0 Å². The van der Waals surface area contributed by atoms with E-state index < -0.39 is 17.9 Å². The fourth-order valence-electron chi connectivity index (χ4n) is 6.83. The number of β-amino-alcohol motifs (C(OH)–C–C–N with tert-alkyl or cyclic N) is 2. The molecule has 5 N–H and O–H groups in total. The molecule has 23 nitrogen and oxygen atoms in total. The summed E-state index contributed by atoms with van der Waals surface area (Å²) in [6, 6.07) is 20.0. The number of rotatable bonds is 9. The molecule has 2 aromatic carbocycles. The maximum absolute atomic E-state index is 11.0. The fraction of sp³-hybridized carbons (Fsp3) is 0.292. The first-order chi connectivity index (χ1) is 34.5. The zero-order chi connectivity index (χ0) is 51.9. The van der Waals surface area contributed by atoms with Crippen molar-refractivity contribution in [3.05, 3.63) is 120 Å². The van der Waals surface area contributed by atoms with Crippen molar-refractivity contribution in [2.24, 2.45) is 14.1 Å². The Labute approximate surface area is 455 Å². The van der Waals surface area contributed by atoms with E-state index in [1.807, 2.05) is 63.9 Å². The summed E-state index contributed by atoms with van der Waals surface area (Å²) in [5.41, 5.74) is 7.50. The maximum Gasteiger partial charge on any atom is 1.00 e. The summed E-state index contributed by atoms with van der Waals surface area (Å²) >= 11 is 0. The van der Waals surface area contributed by atoms with E-state index in [-0.39, 0.29) is 54.2 Å². The number of hydrogen-bond acceptors (Lipinski definition) is 19. The van der Waals surface area contributed by atoms with E-state index in [0.29, 0.717) is 34.8 Å².